The van der Waals surface area contributed by atoms with Crippen LogP contribution in [0.25, 0.3) is 0 Å². The summed E-state index contributed by atoms with van der Waals surface area (Å²) < 4.78 is 0. The fourth-order valence-corrected chi connectivity index (χ4v) is 3.08. The minimum atomic E-state index is 0.641. The monoisotopic (exact) mass is 241 g/mol. The molecule has 0 radical (unpaired) electrons. The van der Waals surface area contributed by atoms with Crippen LogP contribution in [0.3, 0.4) is 0 Å². The summed E-state index contributed by atoms with van der Waals surface area (Å²) in [6.45, 7) is 0. The number of allylic oxidation sites excluding steroid dienone is 5. The van der Waals surface area contributed by atoms with Crippen molar-refractivity contribution in [2.45, 2.75) is 11.3 Å². The minimum absolute atomic E-state index is 0.641. The van der Waals surface area contributed by atoms with Gasteiger partial charge in [-0.2, -0.15) is 0 Å². The first-order valence-electron chi connectivity index (χ1n) is 5.45. The lowest BCUT2D eigenvalue weighted by Gasteiger charge is -2.10. The average Bonchev–Trinajstić information content (AvgIpc) is 2.54. The van der Waals surface area contributed by atoms with Gasteiger partial charge in [-0.15, -0.1) is 0 Å². The van der Waals surface area contributed by atoms with Crippen molar-refractivity contribution in [3.05, 3.63) is 64.6 Å². The van der Waals surface area contributed by atoms with Gasteiger partial charge in [0.25, 0.3) is 0 Å². The number of thioether (sulfide) groups is 1. The summed E-state index contributed by atoms with van der Waals surface area (Å²) in [5.74, 6) is 0. The molecule has 1 aromatic rings. The topological polar surface area (TPSA) is 32.6 Å². The van der Waals surface area contributed by atoms with E-state index in [9.17, 15) is 0 Å². The Morgan fingerprint density at radius 1 is 1.24 bits per heavy atom. The van der Waals surface area contributed by atoms with Gasteiger partial charge in [-0.25, -0.2) is 0 Å². The van der Waals surface area contributed by atoms with E-state index >= 15 is 0 Å². The lowest BCUT2D eigenvalue weighted by Crippen LogP contribution is -1.98. The maximum absolute atomic E-state index is 9.15. The second-order valence-corrected chi connectivity index (χ2v) is 5.00. The molecule has 84 valence electrons. The molecule has 0 saturated carbocycles. The maximum Gasteiger partial charge on any atom is 0.111 e. The molecule has 0 atom stereocenters. The quantitative estimate of drug-likeness (QED) is 0.554. The van der Waals surface area contributed by atoms with Crippen molar-refractivity contribution in [2.75, 3.05) is 0 Å². The molecule has 0 bridgehead atoms. The SMILES string of the molecule is O/N=C1/C=C2CC=CC=C2Sc2ccccc21. The summed E-state index contributed by atoms with van der Waals surface area (Å²) in [6, 6.07) is 8.01. The first-order valence-corrected chi connectivity index (χ1v) is 6.27. The summed E-state index contributed by atoms with van der Waals surface area (Å²) in [7, 11) is 0. The molecule has 1 aromatic carbocycles. The van der Waals surface area contributed by atoms with Crippen molar-refractivity contribution >= 4 is 17.5 Å². The third kappa shape index (κ3) is 1.83. The molecule has 0 unspecified atom stereocenters. The molecule has 0 fully saturated rings. The second kappa shape index (κ2) is 4.26. The van der Waals surface area contributed by atoms with Gasteiger partial charge >= 0.3 is 0 Å². The van der Waals surface area contributed by atoms with Crippen LogP contribution in [-0.4, -0.2) is 10.9 Å². The highest BCUT2D eigenvalue weighted by Gasteiger charge is 2.18. The third-order valence-electron chi connectivity index (χ3n) is 2.84. The summed E-state index contributed by atoms with van der Waals surface area (Å²) in [4.78, 5) is 2.37. The van der Waals surface area contributed by atoms with Gasteiger partial charge < -0.3 is 5.21 Å². The number of oxime groups is 1. The van der Waals surface area contributed by atoms with Crippen LogP contribution >= 0.6 is 11.8 Å². The largest absolute Gasteiger partial charge is 0.410 e. The van der Waals surface area contributed by atoms with E-state index in [1.54, 1.807) is 11.8 Å². The number of nitrogens with zero attached hydrogens (tertiary/aromatic N) is 1. The Labute approximate surface area is 104 Å². The number of hydrogen-bond acceptors (Lipinski definition) is 3. The van der Waals surface area contributed by atoms with Gasteiger partial charge in [0.05, 0.1) is 0 Å². The Bertz CT molecular complexity index is 582. The van der Waals surface area contributed by atoms with Gasteiger partial charge in [0.15, 0.2) is 0 Å². The van der Waals surface area contributed by atoms with Gasteiger partial charge in [-0.3, -0.25) is 0 Å². The third-order valence-corrected chi connectivity index (χ3v) is 4.03. The van der Waals surface area contributed by atoms with Gasteiger partial charge in [0.1, 0.15) is 5.71 Å². The summed E-state index contributed by atoms with van der Waals surface area (Å²) in [5.41, 5.74) is 2.84. The molecule has 0 aromatic heterocycles. The molecule has 1 aliphatic carbocycles. The number of benzene rings is 1. The molecule has 0 amide bonds. The molecule has 0 saturated heterocycles. The lowest BCUT2D eigenvalue weighted by molar-refractivity contribution is 0.320. The van der Waals surface area contributed by atoms with Gasteiger partial charge in [-0.05, 0) is 30.2 Å². The first kappa shape index (κ1) is 10.4. The summed E-state index contributed by atoms with van der Waals surface area (Å²) >= 11 is 1.73. The highest BCUT2D eigenvalue weighted by atomic mass is 32.2. The van der Waals surface area contributed by atoms with Crippen LogP contribution in [0.5, 0.6) is 0 Å². The predicted molar refractivity (Wildman–Crippen MR) is 70.5 cm³/mol. The Morgan fingerprint density at radius 3 is 3.00 bits per heavy atom. The summed E-state index contributed by atoms with van der Waals surface area (Å²) in [5, 5.41) is 12.6. The fourth-order valence-electron chi connectivity index (χ4n) is 2.00. The zero-order valence-electron chi connectivity index (χ0n) is 9.13. The highest BCUT2D eigenvalue weighted by Crippen LogP contribution is 2.39. The van der Waals surface area contributed by atoms with E-state index in [1.165, 1.54) is 10.5 Å². The highest BCUT2D eigenvalue weighted by molar-refractivity contribution is 8.03. The molecule has 2 nitrogen and oxygen atoms in total. The number of hydrogen-bond donors (Lipinski definition) is 1. The Morgan fingerprint density at radius 2 is 2.12 bits per heavy atom. The van der Waals surface area contributed by atoms with Crippen molar-refractivity contribution in [1.82, 2.24) is 0 Å². The van der Waals surface area contributed by atoms with Crippen molar-refractivity contribution in [3.8, 4) is 0 Å². The molecule has 0 spiro atoms. The summed E-state index contributed by atoms with van der Waals surface area (Å²) in [6.07, 6.45) is 9.15. The average molecular weight is 241 g/mol. The van der Waals surface area contributed by atoms with E-state index in [1.807, 2.05) is 24.3 Å². The van der Waals surface area contributed by atoms with Crippen LogP contribution in [0.15, 0.2) is 69.1 Å². The zero-order valence-corrected chi connectivity index (χ0v) is 9.95. The second-order valence-electron chi connectivity index (χ2n) is 3.92. The van der Waals surface area contributed by atoms with Crippen molar-refractivity contribution in [2.24, 2.45) is 5.16 Å². The molecule has 3 rings (SSSR count). The van der Waals surface area contributed by atoms with Crippen LogP contribution in [0, 0.1) is 0 Å². The van der Waals surface area contributed by atoms with E-state index in [0.29, 0.717) is 5.71 Å². The normalized spacial score (nSPS) is 20.1. The minimum Gasteiger partial charge on any atom is -0.410 e. The van der Waals surface area contributed by atoms with E-state index in [4.69, 9.17) is 5.21 Å². The Balaban J connectivity index is 2.20. The van der Waals surface area contributed by atoms with Crippen molar-refractivity contribution in [1.29, 1.82) is 0 Å². The van der Waals surface area contributed by atoms with Crippen molar-refractivity contribution < 1.29 is 5.21 Å². The molecule has 3 heteroatoms. The molecule has 2 aliphatic rings. The zero-order chi connectivity index (χ0) is 11.7. The van der Waals surface area contributed by atoms with Crippen LogP contribution < -0.4 is 0 Å². The molecule has 1 heterocycles. The Hall–Kier alpha value is -1.74. The van der Waals surface area contributed by atoms with Crippen LogP contribution in [-0.2, 0) is 0 Å². The molecule has 1 N–H and O–H groups in total. The predicted octanol–water partition coefficient (Wildman–Crippen LogP) is 3.74. The number of fused-ring (bicyclic) bond motifs is 2. The number of rotatable bonds is 0. The van der Waals surface area contributed by atoms with Crippen LogP contribution in [0.4, 0.5) is 0 Å². The molecular formula is C14H11NOS. The smallest absolute Gasteiger partial charge is 0.111 e. The molecule has 17 heavy (non-hydrogen) atoms. The Kier molecular flexibility index (Phi) is 2.61. The lowest BCUT2D eigenvalue weighted by atomic mass is 10.0. The van der Waals surface area contributed by atoms with E-state index < -0.39 is 0 Å². The first-order chi connectivity index (χ1) is 8.38. The fraction of sp³-hybridized carbons (Fsp3) is 0.0714. The molecular weight excluding hydrogens is 230 g/mol. The van der Waals surface area contributed by atoms with Gasteiger partial charge in [0, 0.05) is 15.4 Å². The van der Waals surface area contributed by atoms with Gasteiger partial charge in [0.2, 0.25) is 0 Å². The molecule has 1 aliphatic heterocycles. The van der Waals surface area contributed by atoms with Crippen LogP contribution in [0.2, 0.25) is 0 Å². The van der Waals surface area contributed by atoms with E-state index in [2.05, 4.69) is 29.5 Å². The van der Waals surface area contributed by atoms with E-state index in [0.717, 1.165) is 16.9 Å². The van der Waals surface area contributed by atoms with Crippen molar-refractivity contribution in [3.63, 3.8) is 0 Å². The van der Waals surface area contributed by atoms with Crippen LogP contribution in [0.1, 0.15) is 12.0 Å². The standard InChI is InChI=1S/C14H11NOS/c16-15-12-9-10-5-1-3-7-13(10)17-14-8-4-2-6-11(12)14/h1-4,6-9,16H,5H2/b15-12-. The van der Waals surface area contributed by atoms with Gasteiger partial charge in [-0.1, -0.05) is 47.3 Å². The maximum atomic E-state index is 9.15. The van der Waals surface area contributed by atoms with E-state index in [-0.39, 0.29) is 0 Å².